The van der Waals surface area contributed by atoms with Crippen molar-refractivity contribution in [3.63, 3.8) is 0 Å². The summed E-state index contributed by atoms with van der Waals surface area (Å²) >= 11 is 6.22. The van der Waals surface area contributed by atoms with E-state index in [1.807, 2.05) is 36.4 Å². The summed E-state index contributed by atoms with van der Waals surface area (Å²) in [5.41, 5.74) is 2.77. The van der Waals surface area contributed by atoms with Gasteiger partial charge in [0, 0.05) is 29.5 Å². The van der Waals surface area contributed by atoms with Crippen LogP contribution < -0.4 is 4.74 Å². The summed E-state index contributed by atoms with van der Waals surface area (Å²) < 4.78 is 5.65. The van der Waals surface area contributed by atoms with E-state index < -0.39 is 5.54 Å². The van der Waals surface area contributed by atoms with Crippen LogP contribution in [0.25, 0.3) is 0 Å². The molecular formula is C27H28ClNO2. The monoisotopic (exact) mass is 433 g/mol. The molecule has 2 aromatic rings. The lowest BCUT2D eigenvalue weighted by molar-refractivity contribution is -0.129. The average Bonchev–Trinajstić information content (AvgIpc) is 3.03. The Morgan fingerprint density at radius 3 is 2.61 bits per heavy atom. The Balaban J connectivity index is 1.80. The molecule has 1 aliphatic carbocycles. The van der Waals surface area contributed by atoms with Gasteiger partial charge in [-0.2, -0.15) is 0 Å². The first-order chi connectivity index (χ1) is 15.1. The maximum absolute atomic E-state index is 13.5. The van der Waals surface area contributed by atoms with Crippen LogP contribution in [0.4, 0.5) is 0 Å². The van der Waals surface area contributed by atoms with Gasteiger partial charge in [-0.05, 0) is 48.2 Å². The first-order valence-electron chi connectivity index (χ1n) is 10.9. The number of halogens is 1. The van der Waals surface area contributed by atoms with Gasteiger partial charge in [-0.25, -0.2) is 0 Å². The van der Waals surface area contributed by atoms with Gasteiger partial charge in [0.1, 0.15) is 12.4 Å². The fraction of sp³-hybridized carbons (Fsp3) is 0.296. The second-order valence-electron chi connectivity index (χ2n) is 8.15. The highest BCUT2D eigenvalue weighted by molar-refractivity contribution is 6.30. The summed E-state index contributed by atoms with van der Waals surface area (Å²) in [6, 6.07) is 16.2. The zero-order valence-electron chi connectivity index (χ0n) is 17.9. The van der Waals surface area contributed by atoms with E-state index in [1.54, 1.807) is 6.08 Å². The number of carbonyl (C=O) groups excluding carboxylic acids is 1. The molecule has 2 atom stereocenters. The number of likely N-dealkylation sites (tertiary alicyclic amines) is 1. The molecule has 160 valence electrons. The number of allylic oxidation sites excluding steroid dienone is 3. The minimum absolute atomic E-state index is 0.106. The van der Waals surface area contributed by atoms with Gasteiger partial charge in [-0.1, -0.05) is 73.7 Å². The number of rotatable bonds is 8. The Hall–Kier alpha value is -2.78. The lowest BCUT2D eigenvalue weighted by Gasteiger charge is -2.43. The van der Waals surface area contributed by atoms with E-state index in [-0.39, 0.29) is 11.8 Å². The molecular weight excluding hydrogens is 406 g/mol. The summed E-state index contributed by atoms with van der Waals surface area (Å²) in [5, 5.41) is 0.702. The molecule has 0 radical (unpaired) electrons. The van der Waals surface area contributed by atoms with Crippen LogP contribution in [0, 0.1) is 5.92 Å². The molecule has 4 heteroatoms. The number of hydrogen-bond acceptors (Lipinski definition) is 2. The largest absolute Gasteiger partial charge is 0.490 e. The molecule has 0 spiro atoms. The van der Waals surface area contributed by atoms with E-state index in [2.05, 4.69) is 48.7 Å². The topological polar surface area (TPSA) is 29.5 Å². The average molecular weight is 434 g/mol. The Labute approximate surface area is 189 Å². The maximum Gasteiger partial charge on any atom is 0.250 e. The molecule has 0 bridgehead atoms. The molecule has 2 unspecified atom stereocenters. The second kappa shape index (κ2) is 9.15. The number of fused-ring (bicyclic) bond motifs is 1. The molecule has 1 amide bonds. The molecule has 1 aliphatic heterocycles. The molecule has 2 aromatic carbocycles. The minimum atomic E-state index is -0.447. The van der Waals surface area contributed by atoms with Gasteiger partial charge in [0.25, 0.3) is 5.91 Å². The Bertz CT molecular complexity index is 1010. The summed E-state index contributed by atoms with van der Waals surface area (Å²) in [6.45, 7) is 7.02. The molecule has 0 saturated carbocycles. The Morgan fingerprint density at radius 1 is 1.19 bits per heavy atom. The quantitative estimate of drug-likeness (QED) is 0.471. The van der Waals surface area contributed by atoms with E-state index in [0.717, 1.165) is 42.7 Å². The number of amides is 1. The highest BCUT2D eigenvalue weighted by Gasteiger charge is 2.55. The summed E-state index contributed by atoms with van der Waals surface area (Å²) in [4.78, 5) is 15.6. The van der Waals surface area contributed by atoms with Crippen LogP contribution in [-0.2, 0) is 16.8 Å². The third-order valence-electron chi connectivity index (χ3n) is 6.27. The van der Waals surface area contributed by atoms with Gasteiger partial charge < -0.3 is 9.64 Å². The van der Waals surface area contributed by atoms with Crippen LogP contribution in [0.15, 0.2) is 85.0 Å². The molecule has 0 aromatic heterocycles. The normalized spacial score (nSPS) is 22.3. The Morgan fingerprint density at radius 2 is 1.94 bits per heavy atom. The van der Waals surface area contributed by atoms with E-state index in [1.165, 1.54) is 5.56 Å². The third-order valence-corrected chi connectivity index (χ3v) is 6.52. The molecule has 1 fully saturated rings. The Kier molecular flexibility index (Phi) is 6.33. The standard InChI is InChI=1S/C27H28ClNO2/c1-3-17-29-26(30)24-7-5-6-8-25(24)27(29,21-11-13-22(28)14-12-21)19-20-9-15-23(16-10-20)31-18-4-2/h4-7,9-16,25H,2-3,8,17-19H2,1H3. The van der Waals surface area contributed by atoms with Crippen LogP contribution in [0.5, 0.6) is 5.75 Å². The van der Waals surface area contributed by atoms with Gasteiger partial charge in [-0.3, -0.25) is 4.79 Å². The number of nitrogens with zero attached hydrogens (tertiary/aromatic N) is 1. The van der Waals surface area contributed by atoms with E-state index >= 15 is 0 Å². The predicted octanol–water partition coefficient (Wildman–Crippen LogP) is 6.10. The van der Waals surface area contributed by atoms with Crippen molar-refractivity contribution in [2.45, 2.75) is 31.7 Å². The SMILES string of the molecule is C=CCOc1ccc(CC2(c3ccc(Cl)cc3)C3CC=CC=C3C(=O)N2CCC)cc1. The molecule has 4 rings (SSSR count). The van der Waals surface area contributed by atoms with Crippen molar-refractivity contribution in [3.8, 4) is 5.75 Å². The number of carbonyl (C=O) groups is 1. The van der Waals surface area contributed by atoms with Gasteiger partial charge in [0.05, 0.1) is 5.54 Å². The number of benzene rings is 2. The first kappa shape index (κ1) is 21.5. The lowest BCUT2D eigenvalue weighted by Crippen LogP contribution is -2.48. The van der Waals surface area contributed by atoms with Crippen molar-refractivity contribution in [1.29, 1.82) is 0 Å². The van der Waals surface area contributed by atoms with Crippen molar-refractivity contribution in [3.05, 3.63) is 101 Å². The van der Waals surface area contributed by atoms with E-state index in [0.29, 0.717) is 11.6 Å². The molecule has 31 heavy (non-hydrogen) atoms. The molecule has 1 heterocycles. The maximum atomic E-state index is 13.5. The van der Waals surface area contributed by atoms with Crippen LogP contribution >= 0.6 is 11.6 Å². The minimum Gasteiger partial charge on any atom is -0.490 e. The van der Waals surface area contributed by atoms with Gasteiger partial charge >= 0.3 is 0 Å². The summed E-state index contributed by atoms with van der Waals surface area (Å²) in [6.07, 6.45) is 10.4. The highest BCUT2D eigenvalue weighted by atomic mass is 35.5. The smallest absolute Gasteiger partial charge is 0.250 e. The van der Waals surface area contributed by atoms with Gasteiger partial charge in [0.2, 0.25) is 0 Å². The summed E-state index contributed by atoms with van der Waals surface area (Å²) in [7, 11) is 0. The van der Waals surface area contributed by atoms with Crippen molar-refractivity contribution in [2.24, 2.45) is 5.92 Å². The van der Waals surface area contributed by atoms with Gasteiger partial charge in [0.15, 0.2) is 0 Å². The van der Waals surface area contributed by atoms with Crippen molar-refractivity contribution in [2.75, 3.05) is 13.2 Å². The fourth-order valence-corrected chi connectivity index (χ4v) is 5.06. The molecule has 1 saturated heterocycles. The second-order valence-corrected chi connectivity index (χ2v) is 8.58. The molecule has 2 aliphatic rings. The first-order valence-corrected chi connectivity index (χ1v) is 11.2. The van der Waals surface area contributed by atoms with E-state index in [9.17, 15) is 4.79 Å². The van der Waals surface area contributed by atoms with Crippen molar-refractivity contribution < 1.29 is 9.53 Å². The summed E-state index contributed by atoms with van der Waals surface area (Å²) in [5.74, 6) is 1.07. The zero-order chi connectivity index (χ0) is 21.8. The third kappa shape index (κ3) is 3.95. The number of hydrogen-bond donors (Lipinski definition) is 0. The van der Waals surface area contributed by atoms with E-state index in [4.69, 9.17) is 16.3 Å². The van der Waals surface area contributed by atoms with Crippen LogP contribution in [-0.4, -0.2) is 24.0 Å². The highest BCUT2D eigenvalue weighted by Crippen LogP contribution is 2.52. The number of ether oxygens (including phenoxy) is 1. The van der Waals surface area contributed by atoms with Crippen molar-refractivity contribution >= 4 is 17.5 Å². The fourth-order valence-electron chi connectivity index (χ4n) is 4.94. The van der Waals surface area contributed by atoms with Crippen LogP contribution in [0.3, 0.4) is 0 Å². The van der Waals surface area contributed by atoms with Gasteiger partial charge in [-0.15, -0.1) is 0 Å². The lowest BCUT2D eigenvalue weighted by atomic mass is 9.71. The van der Waals surface area contributed by atoms with Crippen LogP contribution in [0.1, 0.15) is 30.9 Å². The zero-order valence-corrected chi connectivity index (χ0v) is 18.6. The molecule has 0 N–H and O–H groups in total. The van der Waals surface area contributed by atoms with Crippen molar-refractivity contribution in [1.82, 2.24) is 4.90 Å². The predicted molar refractivity (Wildman–Crippen MR) is 126 cm³/mol. The van der Waals surface area contributed by atoms with Crippen LogP contribution in [0.2, 0.25) is 5.02 Å². The molecule has 3 nitrogen and oxygen atoms in total.